The summed E-state index contributed by atoms with van der Waals surface area (Å²) in [6.07, 6.45) is 8.06. The number of carbonyl (C=O) groups is 2. The van der Waals surface area contributed by atoms with Gasteiger partial charge in [-0.25, -0.2) is 15.0 Å². The summed E-state index contributed by atoms with van der Waals surface area (Å²) in [5.41, 5.74) is 3.06. The van der Waals surface area contributed by atoms with Crippen molar-refractivity contribution in [1.82, 2.24) is 35.1 Å². The number of allylic oxidation sites excluding steroid dienone is 3. The second-order valence-corrected chi connectivity index (χ2v) is 14.8. The predicted molar refractivity (Wildman–Crippen MR) is 206 cm³/mol. The average molecular weight is 735 g/mol. The van der Waals surface area contributed by atoms with Crippen LogP contribution in [0.2, 0.25) is 0 Å². The number of aliphatic hydroxyl groups excluding tert-OH is 2. The summed E-state index contributed by atoms with van der Waals surface area (Å²) in [4.78, 5) is 42.9. The van der Waals surface area contributed by atoms with Crippen molar-refractivity contribution in [2.45, 2.75) is 76.0 Å². The van der Waals surface area contributed by atoms with Crippen molar-refractivity contribution in [3.63, 3.8) is 0 Å². The number of hydrogen-bond acceptors (Lipinski definition) is 10. The van der Waals surface area contributed by atoms with E-state index in [2.05, 4.69) is 86.3 Å². The fourth-order valence-electron chi connectivity index (χ4n) is 7.82. The molecule has 284 valence electrons. The first-order chi connectivity index (χ1) is 26.2. The Balaban J connectivity index is 1.12. The van der Waals surface area contributed by atoms with Crippen LogP contribution in [0.5, 0.6) is 0 Å². The molecule has 13 heteroatoms. The van der Waals surface area contributed by atoms with Crippen LogP contribution in [-0.4, -0.2) is 104 Å². The number of ether oxygens (including phenoxy) is 1. The number of benzene rings is 2. The molecule has 2 amide bonds. The molecule has 54 heavy (non-hydrogen) atoms. The summed E-state index contributed by atoms with van der Waals surface area (Å²) in [6.45, 7) is 7.58. The van der Waals surface area contributed by atoms with E-state index in [0.29, 0.717) is 24.4 Å². The van der Waals surface area contributed by atoms with Crippen LogP contribution in [0, 0.1) is 5.41 Å². The number of likely N-dealkylation sites (tertiary alicyclic amines) is 1. The number of aromatic nitrogens is 4. The molecule has 0 spiro atoms. The van der Waals surface area contributed by atoms with Gasteiger partial charge in [0.1, 0.15) is 12.2 Å². The first kappa shape index (κ1) is 37.4. The van der Waals surface area contributed by atoms with Crippen LogP contribution in [0.15, 0.2) is 91.3 Å². The van der Waals surface area contributed by atoms with E-state index in [9.17, 15) is 19.8 Å². The van der Waals surface area contributed by atoms with E-state index in [1.165, 1.54) is 22.0 Å². The number of anilines is 1. The maximum absolute atomic E-state index is 13.9. The zero-order chi connectivity index (χ0) is 37.7. The highest BCUT2D eigenvalue weighted by Crippen LogP contribution is 2.34. The van der Waals surface area contributed by atoms with Crippen LogP contribution in [0.1, 0.15) is 73.4 Å². The third-order valence-corrected chi connectivity index (χ3v) is 10.7. The average Bonchev–Trinajstić information content (AvgIpc) is 3.74. The Kier molecular flexibility index (Phi) is 11.5. The number of likely N-dealkylation sites (N-methyl/N-ethyl adjacent to an activating group) is 1. The van der Waals surface area contributed by atoms with Crippen molar-refractivity contribution in [1.29, 1.82) is 0 Å². The SMILES string of the molecule is CCNC(=O)[C@H]1O[C@@H](n2cnc3c(NCCC(c4ccccc4)c4ccccc4)nc(C(=O)NC4CCN(CC5(C)C=CC=CC5)CC4)nc32)[C@H](O)[C@@H]1O. The maximum Gasteiger partial charge on any atom is 0.289 e. The van der Waals surface area contributed by atoms with Gasteiger partial charge in [-0.05, 0) is 43.7 Å². The summed E-state index contributed by atoms with van der Waals surface area (Å²) in [7, 11) is 0. The summed E-state index contributed by atoms with van der Waals surface area (Å²) in [5.74, 6) is -0.553. The van der Waals surface area contributed by atoms with Gasteiger partial charge >= 0.3 is 0 Å². The minimum Gasteiger partial charge on any atom is -0.387 e. The van der Waals surface area contributed by atoms with E-state index >= 15 is 0 Å². The molecule has 2 saturated heterocycles. The molecule has 1 unspecified atom stereocenters. The number of fused-ring (bicyclic) bond motifs is 1. The molecule has 5 N–H and O–H groups in total. The van der Waals surface area contributed by atoms with Gasteiger partial charge in [-0.2, -0.15) is 0 Å². The number of nitrogens with zero attached hydrogens (tertiary/aromatic N) is 5. The van der Waals surface area contributed by atoms with E-state index in [0.717, 1.165) is 45.3 Å². The highest BCUT2D eigenvalue weighted by atomic mass is 16.6. The van der Waals surface area contributed by atoms with Gasteiger partial charge in [0, 0.05) is 50.1 Å². The first-order valence-corrected chi connectivity index (χ1v) is 19.0. The molecule has 4 aromatic rings. The highest BCUT2D eigenvalue weighted by Gasteiger charge is 2.47. The Bertz CT molecular complexity index is 1920. The standard InChI is InChI=1S/C41H50N8O5/c1-3-42-38(52)34-32(50)33(51)40(54-34)49-26-44-31-35(43-22-17-30(27-13-7-4-8-14-27)28-15-9-5-10-16-28)46-36(47-37(31)49)39(53)45-29-18-23-48(24-19-29)25-41(2)20-11-6-12-21-41/h4-16,20,26,29-30,32-34,40,50-51H,3,17-19,21-25H2,1-2H3,(H,42,52)(H,45,53)(H,43,46,47)/t32-,33+,34-,40+,41?/m0/s1. The van der Waals surface area contributed by atoms with Crippen LogP contribution < -0.4 is 16.0 Å². The topological polar surface area (TPSA) is 167 Å². The Morgan fingerprint density at radius 2 is 1.69 bits per heavy atom. The van der Waals surface area contributed by atoms with Gasteiger partial charge < -0.3 is 35.8 Å². The normalized spacial score (nSPS) is 24.6. The Labute approximate surface area is 315 Å². The minimum absolute atomic E-state index is 0.0468. The molecule has 2 aromatic carbocycles. The number of hydrogen-bond donors (Lipinski definition) is 5. The number of carbonyl (C=O) groups excluding carboxylic acids is 2. The lowest BCUT2D eigenvalue weighted by Gasteiger charge is -2.38. The van der Waals surface area contributed by atoms with Gasteiger partial charge in [-0.15, -0.1) is 0 Å². The summed E-state index contributed by atoms with van der Waals surface area (Å²) < 4.78 is 7.37. The van der Waals surface area contributed by atoms with E-state index in [-0.39, 0.29) is 28.8 Å². The number of aliphatic hydroxyl groups is 2. The number of amides is 2. The molecule has 0 radical (unpaired) electrons. The predicted octanol–water partition coefficient (Wildman–Crippen LogP) is 3.93. The van der Waals surface area contributed by atoms with Gasteiger partial charge in [0.2, 0.25) is 5.82 Å². The van der Waals surface area contributed by atoms with Gasteiger partial charge in [0.15, 0.2) is 29.3 Å². The lowest BCUT2D eigenvalue weighted by atomic mass is 9.83. The third-order valence-electron chi connectivity index (χ3n) is 10.7. The van der Waals surface area contributed by atoms with Gasteiger partial charge in [0.25, 0.3) is 11.8 Å². The smallest absolute Gasteiger partial charge is 0.289 e. The van der Waals surface area contributed by atoms with Crippen molar-refractivity contribution < 1.29 is 24.5 Å². The van der Waals surface area contributed by atoms with E-state index in [1.54, 1.807) is 6.92 Å². The Morgan fingerprint density at radius 3 is 2.33 bits per heavy atom. The second kappa shape index (κ2) is 16.6. The van der Waals surface area contributed by atoms with Crippen molar-refractivity contribution in [3.8, 4) is 0 Å². The fraction of sp³-hybridized carbons (Fsp3) is 0.439. The van der Waals surface area contributed by atoms with Crippen LogP contribution in [0.4, 0.5) is 5.82 Å². The van der Waals surface area contributed by atoms with Crippen molar-refractivity contribution >= 4 is 28.8 Å². The molecule has 4 heterocycles. The monoisotopic (exact) mass is 734 g/mol. The van der Waals surface area contributed by atoms with Crippen LogP contribution in [-0.2, 0) is 9.53 Å². The number of piperidine rings is 1. The van der Waals surface area contributed by atoms with Crippen molar-refractivity contribution in [2.75, 3.05) is 38.0 Å². The van der Waals surface area contributed by atoms with Crippen LogP contribution >= 0.6 is 0 Å². The van der Waals surface area contributed by atoms with Gasteiger partial charge in [-0.3, -0.25) is 14.2 Å². The molecular formula is C41H50N8O5. The largest absolute Gasteiger partial charge is 0.387 e. The molecule has 3 aliphatic rings. The van der Waals surface area contributed by atoms with Gasteiger partial charge in [0.05, 0.1) is 6.33 Å². The van der Waals surface area contributed by atoms with E-state index in [1.807, 2.05) is 36.4 Å². The summed E-state index contributed by atoms with van der Waals surface area (Å²) >= 11 is 0. The molecule has 2 fully saturated rings. The number of nitrogens with one attached hydrogen (secondary N) is 3. The third kappa shape index (κ3) is 8.24. The van der Waals surface area contributed by atoms with Crippen LogP contribution in [0.3, 0.4) is 0 Å². The Morgan fingerprint density at radius 1 is 0.981 bits per heavy atom. The lowest BCUT2D eigenvalue weighted by molar-refractivity contribution is -0.137. The zero-order valence-corrected chi connectivity index (χ0v) is 30.8. The zero-order valence-electron chi connectivity index (χ0n) is 30.8. The molecule has 0 saturated carbocycles. The fourth-order valence-corrected chi connectivity index (χ4v) is 7.82. The summed E-state index contributed by atoms with van der Waals surface area (Å²) in [5, 5.41) is 31.0. The molecule has 2 aromatic heterocycles. The van der Waals surface area contributed by atoms with Crippen LogP contribution in [0.25, 0.3) is 11.2 Å². The molecule has 0 bridgehead atoms. The van der Waals surface area contributed by atoms with E-state index < -0.39 is 36.4 Å². The quantitative estimate of drug-likeness (QED) is 0.136. The molecule has 2 aliphatic heterocycles. The number of rotatable bonds is 13. The first-order valence-electron chi connectivity index (χ1n) is 19.0. The van der Waals surface area contributed by atoms with E-state index in [4.69, 9.17) is 9.72 Å². The second-order valence-electron chi connectivity index (χ2n) is 14.8. The molecule has 5 atom stereocenters. The Hall–Kier alpha value is -4.95. The molecule has 13 nitrogen and oxygen atoms in total. The maximum atomic E-state index is 13.9. The van der Waals surface area contributed by atoms with Crippen molar-refractivity contribution in [3.05, 3.63) is 108 Å². The summed E-state index contributed by atoms with van der Waals surface area (Å²) in [6, 6.07) is 20.6. The molecule has 1 aliphatic carbocycles. The lowest BCUT2D eigenvalue weighted by Crippen LogP contribution is -2.47. The number of imidazole rings is 1. The molecule has 7 rings (SSSR count). The molecular weight excluding hydrogens is 685 g/mol. The van der Waals surface area contributed by atoms with Crippen molar-refractivity contribution in [2.24, 2.45) is 5.41 Å². The highest BCUT2D eigenvalue weighted by molar-refractivity contribution is 5.94. The minimum atomic E-state index is -1.48. The van der Waals surface area contributed by atoms with Gasteiger partial charge in [-0.1, -0.05) is 91.9 Å².